The Morgan fingerprint density at radius 1 is 1.41 bits per heavy atom. The lowest BCUT2D eigenvalue weighted by molar-refractivity contribution is -0.147. The summed E-state index contributed by atoms with van der Waals surface area (Å²) in [5.41, 5.74) is -0.0647. The molecule has 1 rings (SSSR count). The highest BCUT2D eigenvalue weighted by Crippen LogP contribution is 2.24. The van der Waals surface area contributed by atoms with Gasteiger partial charge in [0.15, 0.2) is 6.10 Å². The van der Waals surface area contributed by atoms with E-state index in [0.717, 1.165) is 0 Å². The van der Waals surface area contributed by atoms with E-state index in [0.29, 0.717) is 5.02 Å². The van der Waals surface area contributed by atoms with E-state index in [9.17, 15) is 9.59 Å². The van der Waals surface area contributed by atoms with Crippen LogP contribution in [0.5, 0.6) is 5.75 Å². The van der Waals surface area contributed by atoms with Gasteiger partial charge >= 0.3 is 11.9 Å². The Kier molecular flexibility index (Phi) is 4.34. The Hall–Kier alpha value is -1.75. The fourth-order valence-electron chi connectivity index (χ4n) is 1.17. The molecule has 1 unspecified atom stereocenters. The third-order valence-electron chi connectivity index (χ3n) is 2.01. The smallest absolute Gasteiger partial charge is 0.346 e. The molecule has 5 nitrogen and oxygen atoms in total. The second-order valence-corrected chi connectivity index (χ2v) is 3.67. The van der Waals surface area contributed by atoms with Crippen molar-refractivity contribution < 1.29 is 24.2 Å². The first-order chi connectivity index (χ1) is 7.95. The number of hydrogen-bond acceptors (Lipinski definition) is 4. The third kappa shape index (κ3) is 3.35. The number of carbonyl (C=O) groups excluding carboxylic acids is 1. The number of aromatic carboxylic acids is 1. The van der Waals surface area contributed by atoms with E-state index in [4.69, 9.17) is 21.4 Å². The quantitative estimate of drug-likeness (QED) is 0.836. The van der Waals surface area contributed by atoms with Crippen LogP contribution in [-0.4, -0.2) is 30.3 Å². The van der Waals surface area contributed by atoms with Gasteiger partial charge in [-0.2, -0.15) is 0 Å². The Labute approximate surface area is 103 Å². The summed E-state index contributed by atoms with van der Waals surface area (Å²) in [5, 5.41) is 9.25. The zero-order chi connectivity index (χ0) is 13.0. The summed E-state index contributed by atoms with van der Waals surface area (Å²) in [6.07, 6.45) is -0.906. The van der Waals surface area contributed by atoms with Crippen LogP contribution in [0.15, 0.2) is 18.2 Å². The minimum atomic E-state index is -1.16. The molecule has 1 atom stereocenters. The van der Waals surface area contributed by atoms with E-state index >= 15 is 0 Å². The summed E-state index contributed by atoms with van der Waals surface area (Å²) in [7, 11) is 1.22. The molecule has 0 aliphatic carbocycles. The minimum Gasteiger partial charge on any atom is -0.478 e. The van der Waals surface area contributed by atoms with Gasteiger partial charge in [0.25, 0.3) is 0 Å². The highest BCUT2D eigenvalue weighted by Gasteiger charge is 2.19. The largest absolute Gasteiger partial charge is 0.478 e. The van der Waals surface area contributed by atoms with Crippen molar-refractivity contribution in [3.05, 3.63) is 28.8 Å². The minimum absolute atomic E-state index is 0.0305. The van der Waals surface area contributed by atoms with E-state index in [1.54, 1.807) is 0 Å². The topological polar surface area (TPSA) is 72.8 Å². The van der Waals surface area contributed by atoms with Crippen LogP contribution < -0.4 is 4.74 Å². The molecule has 0 amide bonds. The summed E-state index contributed by atoms with van der Waals surface area (Å²) in [6.45, 7) is 1.46. The summed E-state index contributed by atoms with van der Waals surface area (Å²) >= 11 is 5.73. The Morgan fingerprint density at radius 2 is 2.06 bits per heavy atom. The van der Waals surface area contributed by atoms with E-state index in [1.807, 2.05) is 0 Å². The number of ether oxygens (including phenoxy) is 2. The SMILES string of the molecule is COC(=O)C(C)Oc1cc(Cl)ccc1C(=O)O. The van der Waals surface area contributed by atoms with Gasteiger partial charge in [-0.25, -0.2) is 9.59 Å². The molecular weight excluding hydrogens is 248 g/mol. The van der Waals surface area contributed by atoms with Crippen molar-refractivity contribution in [1.29, 1.82) is 0 Å². The van der Waals surface area contributed by atoms with Gasteiger partial charge in [-0.1, -0.05) is 11.6 Å². The first-order valence-electron chi connectivity index (χ1n) is 4.73. The first kappa shape index (κ1) is 13.3. The molecule has 0 aliphatic rings. The van der Waals surface area contributed by atoms with Crippen LogP contribution in [0, 0.1) is 0 Å². The predicted molar refractivity (Wildman–Crippen MR) is 60.5 cm³/mol. The first-order valence-corrected chi connectivity index (χ1v) is 5.11. The van der Waals surface area contributed by atoms with Crippen molar-refractivity contribution >= 4 is 23.5 Å². The van der Waals surface area contributed by atoms with Gasteiger partial charge < -0.3 is 14.6 Å². The summed E-state index contributed by atoms with van der Waals surface area (Å²) in [6, 6.07) is 4.08. The highest BCUT2D eigenvalue weighted by molar-refractivity contribution is 6.30. The lowest BCUT2D eigenvalue weighted by Gasteiger charge is -2.14. The number of halogens is 1. The van der Waals surface area contributed by atoms with Gasteiger partial charge in [-0.3, -0.25) is 0 Å². The van der Waals surface area contributed by atoms with Crippen molar-refractivity contribution in [2.75, 3.05) is 7.11 Å². The summed E-state index contributed by atoms with van der Waals surface area (Å²) in [4.78, 5) is 22.1. The fraction of sp³-hybridized carbons (Fsp3) is 0.273. The van der Waals surface area contributed by atoms with Crippen molar-refractivity contribution in [2.45, 2.75) is 13.0 Å². The fourth-order valence-corrected chi connectivity index (χ4v) is 1.34. The molecule has 1 N–H and O–H groups in total. The molecular formula is C11H11ClO5. The predicted octanol–water partition coefficient (Wildman–Crippen LogP) is 1.98. The number of carboxylic acids is 1. The molecule has 0 fully saturated rings. The molecule has 92 valence electrons. The maximum atomic E-state index is 11.2. The lowest BCUT2D eigenvalue weighted by atomic mass is 10.2. The highest BCUT2D eigenvalue weighted by atomic mass is 35.5. The molecule has 6 heteroatoms. The number of carboxylic acid groups (broad SMARTS) is 1. The molecule has 0 saturated carbocycles. The van der Waals surface area contributed by atoms with Crippen LogP contribution >= 0.6 is 11.6 Å². The van der Waals surface area contributed by atoms with E-state index in [-0.39, 0.29) is 11.3 Å². The monoisotopic (exact) mass is 258 g/mol. The number of esters is 1. The standard InChI is InChI=1S/C11H11ClO5/c1-6(11(15)16-2)17-9-5-7(12)3-4-8(9)10(13)14/h3-6H,1-2H3,(H,13,14). The van der Waals surface area contributed by atoms with Gasteiger partial charge in [0, 0.05) is 5.02 Å². The summed E-state index contributed by atoms with van der Waals surface area (Å²) in [5.74, 6) is -1.72. The van der Waals surface area contributed by atoms with Gasteiger partial charge in [0.05, 0.1) is 7.11 Å². The second kappa shape index (κ2) is 5.54. The number of carbonyl (C=O) groups is 2. The number of rotatable bonds is 4. The van der Waals surface area contributed by atoms with Crippen molar-refractivity contribution in [3.8, 4) is 5.75 Å². The van der Waals surface area contributed by atoms with Crippen molar-refractivity contribution in [3.63, 3.8) is 0 Å². The van der Waals surface area contributed by atoms with Crippen molar-refractivity contribution in [1.82, 2.24) is 0 Å². The lowest BCUT2D eigenvalue weighted by Crippen LogP contribution is -2.25. The number of methoxy groups -OCH3 is 1. The average molecular weight is 259 g/mol. The Morgan fingerprint density at radius 3 is 2.59 bits per heavy atom. The molecule has 0 aliphatic heterocycles. The van der Waals surface area contributed by atoms with Gasteiger partial charge in [0.1, 0.15) is 11.3 Å². The number of hydrogen-bond donors (Lipinski definition) is 1. The van der Waals surface area contributed by atoms with Gasteiger partial charge in [0.2, 0.25) is 0 Å². The molecule has 0 saturated heterocycles. The van der Waals surface area contributed by atoms with Gasteiger partial charge in [-0.15, -0.1) is 0 Å². The molecule has 0 bridgehead atoms. The summed E-state index contributed by atoms with van der Waals surface area (Å²) < 4.78 is 9.67. The maximum Gasteiger partial charge on any atom is 0.346 e. The van der Waals surface area contributed by atoms with Crippen LogP contribution in [0.25, 0.3) is 0 Å². The Bertz CT molecular complexity index is 443. The molecule has 1 aromatic carbocycles. The van der Waals surface area contributed by atoms with Crippen LogP contribution in [0.4, 0.5) is 0 Å². The normalized spacial score (nSPS) is 11.7. The third-order valence-corrected chi connectivity index (χ3v) is 2.25. The van der Waals surface area contributed by atoms with Crippen LogP contribution in [0.1, 0.15) is 17.3 Å². The molecule has 1 aromatic rings. The zero-order valence-corrected chi connectivity index (χ0v) is 10.0. The second-order valence-electron chi connectivity index (χ2n) is 3.23. The molecule has 17 heavy (non-hydrogen) atoms. The molecule has 0 radical (unpaired) electrons. The van der Waals surface area contributed by atoms with E-state index in [1.165, 1.54) is 32.2 Å². The van der Waals surface area contributed by atoms with E-state index in [2.05, 4.69) is 4.74 Å². The average Bonchev–Trinajstić information content (AvgIpc) is 2.27. The Balaban J connectivity index is 3.00. The van der Waals surface area contributed by atoms with E-state index < -0.39 is 18.0 Å². The van der Waals surface area contributed by atoms with Gasteiger partial charge in [-0.05, 0) is 25.1 Å². The van der Waals surface area contributed by atoms with Crippen LogP contribution in [0.3, 0.4) is 0 Å². The van der Waals surface area contributed by atoms with Crippen LogP contribution in [0.2, 0.25) is 5.02 Å². The zero-order valence-electron chi connectivity index (χ0n) is 9.27. The van der Waals surface area contributed by atoms with Crippen LogP contribution in [-0.2, 0) is 9.53 Å². The molecule has 0 spiro atoms. The molecule has 0 heterocycles. The maximum absolute atomic E-state index is 11.2. The van der Waals surface area contributed by atoms with Crippen molar-refractivity contribution in [2.24, 2.45) is 0 Å². The molecule has 0 aromatic heterocycles. The number of benzene rings is 1.